The van der Waals surface area contributed by atoms with Crippen LogP contribution in [0.15, 0.2) is 45.5 Å². The van der Waals surface area contributed by atoms with Crippen LogP contribution >= 0.6 is 27.5 Å². The second-order valence-corrected chi connectivity index (χ2v) is 4.88. The van der Waals surface area contributed by atoms with E-state index in [4.69, 9.17) is 16.0 Å². The second-order valence-electron chi connectivity index (χ2n) is 3.65. The zero-order chi connectivity index (χ0) is 12.3. The quantitative estimate of drug-likeness (QED) is 0.905. The molecule has 0 aliphatic carbocycles. The molecular weight excluding hydrogens is 302 g/mol. The van der Waals surface area contributed by atoms with Crippen LogP contribution in [-0.4, -0.2) is 6.54 Å². The maximum atomic E-state index is 6.31. The fourth-order valence-electron chi connectivity index (χ4n) is 1.77. The predicted molar refractivity (Wildman–Crippen MR) is 73.4 cm³/mol. The first-order chi connectivity index (χ1) is 8.24. The average molecular weight is 315 g/mol. The van der Waals surface area contributed by atoms with E-state index >= 15 is 0 Å². The van der Waals surface area contributed by atoms with Crippen LogP contribution < -0.4 is 5.32 Å². The number of furan rings is 1. The minimum Gasteiger partial charge on any atom is -0.467 e. The Morgan fingerprint density at radius 3 is 2.82 bits per heavy atom. The topological polar surface area (TPSA) is 25.2 Å². The van der Waals surface area contributed by atoms with E-state index in [0.29, 0.717) is 0 Å². The van der Waals surface area contributed by atoms with Crippen molar-refractivity contribution in [1.29, 1.82) is 0 Å². The van der Waals surface area contributed by atoms with Crippen molar-refractivity contribution in [3.63, 3.8) is 0 Å². The molecule has 0 amide bonds. The van der Waals surface area contributed by atoms with Gasteiger partial charge < -0.3 is 9.73 Å². The van der Waals surface area contributed by atoms with Gasteiger partial charge in [0.25, 0.3) is 0 Å². The van der Waals surface area contributed by atoms with Crippen molar-refractivity contribution >= 4 is 27.5 Å². The number of hydrogen-bond donors (Lipinski definition) is 1. The van der Waals surface area contributed by atoms with E-state index in [1.807, 2.05) is 30.3 Å². The highest BCUT2D eigenvalue weighted by Crippen LogP contribution is 2.33. The number of nitrogens with one attached hydrogen (secondary N) is 1. The van der Waals surface area contributed by atoms with Gasteiger partial charge in [-0.2, -0.15) is 0 Å². The van der Waals surface area contributed by atoms with Crippen molar-refractivity contribution in [1.82, 2.24) is 5.32 Å². The predicted octanol–water partition coefficient (Wildman–Crippen LogP) is 4.39. The van der Waals surface area contributed by atoms with Crippen LogP contribution in [0.4, 0.5) is 0 Å². The van der Waals surface area contributed by atoms with Crippen LogP contribution in [0.25, 0.3) is 0 Å². The lowest BCUT2D eigenvalue weighted by Crippen LogP contribution is -2.21. The summed E-state index contributed by atoms with van der Waals surface area (Å²) in [5.41, 5.74) is 1.01. The highest BCUT2D eigenvalue weighted by Gasteiger charge is 2.19. The van der Waals surface area contributed by atoms with E-state index in [-0.39, 0.29) is 6.04 Å². The minimum atomic E-state index is -0.0139. The largest absolute Gasteiger partial charge is 0.467 e. The lowest BCUT2D eigenvalue weighted by Gasteiger charge is -2.17. The molecule has 0 saturated carbocycles. The van der Waals surface area contributed by atoms with Gasteiger partial charge in [-0.05, 0) is 46.2 Å². The third-order valence-corrected chi connectivity index (χ3v) is 3.84. The molecular formula is C13H13BrClNO. The van der Waals surface area contributed by atoms with Crippen LogP contribution in [0.2, 0.25) is 5.02 Å². The third kappa shape index (κ3) is 2.73. The Morgan fingerprint density at radius 1 is 1.35 bits per heavy atom. The van der Waals surface area contributed by atoms with Crippen LogP contribution in [-0.2, 0) is 0 Å². The molecule has 0 spiro atoms. The molecule has 0 radical (unpaired) electrons. The monoisotopic (exact) mass is 313 g/mol. The Bertz CT molecular complexity index is 484. The van der Waals surface area contributed by atoms with Crippen molar-refractivity contribution in [2.24, 2.45) is 0 Å². The van der Waals surface area contributed by atoms with Gasteiger partial charge in [0.15, 0.2) is 0 Å². The molecule has 0 aliphatic heterocycles. The Kier molecular flexibility index (Phi) is 4.26. The van der Waals surface area contributed by atoms with Gasteiger partial charge in [-0.3, -0.25) is 0 Å². The molecule has 1 N–H and O–H groups in total. The SMILES string of the molecule is CCNC(c1ccco1)c1cccc(Br)c1Cl. The molecule has 1 unspecified atom stereocenters. The molecule has 0 fully saturated rings. The molecule has 1 heterocycles. The molecule has 17 heavy (non-hydrogen) atoms. The highest BCUT2D eigenvalue weighted by molar-refractivity contribution is 9.10. The van der Waals surface area contributed by atoms with Crippen molar-refractivity contribution in [3.05, 3.63) is 57.4 Å². The molecule has 1 aromatic carbocycles. The van der Waals surface area contributed by atoms with Gasteiger partial charge in [0, 0.05) is 4.47 Å². The van der Waals surface area contributed by atoms with Crippen molar-refractivity contribution < 1.29 is 4.42 Å². The van der Waals surface area contributed by atoms with Crippen molar-refractivity contribution in [2.75, 3.05) is 6.54 Å². The van der Waals surface area contributed by atoms with Gasteiger partial charge in [0.2, 0.25) is 0 Å². The standard InChI is InChI=1S/C13H13BrClNO/c1-2-16-13(11-7-4-8-17-11)9-5-3-6-10(14)12(9)15/h3-8,13,16H,2H2,1H3. The Labute approximate surface area is 114 Å². The second kappa shape index (κ2) is 5.71. The third-order valence-electron chi connectivity index (χ3n) is 2.53. The van der Waals surface area contributed by atoms with E-state index in [1.54, 1.807) is 6.26 Å². The summed E-state index contributed by atoms with van der Waals surface area (Å²) in [5.74, 6) is 0.867. The van der Waals surface area contributed by atoms with E-state index in [1.165, 1.54) is 0 Å². The normalized spacial score (nSPS) is 12.6. The van der Waals surface area contributed by atoms with E-state index in [9.17, 15) is 0 Å². The molecule has 1 aromatic heterocycles. The summed E-state index contributed by atoms with van der Waals surface area (Å²) < 4.78 is 6.36. The smallest absolute Gasteiger partial charge is 0.125 e. The molecule has 90 valence electrons. The lowest BCUT2D eigenvalue weighted by molar-refractivity contribution is 0.452. The number of halogens is 2. The summed E-state index contributed by atoms with van der Waals surface area (Å²) in [6.45, 7) is 2.90. The van der Waals surface area contributed by atoms with Crippen molar-refractivity contribution in [3.8, 4) is 0 Å². The lowest BCUT2D eigenvalue weighted by atomic mass is 10.0. The first-order valence-corrected chi connectivity index (χ1v) is 6.61. The molecule has 1 atom stereocenters. The van der Waals surface area contributed by atoms with Crippen molar-refractivity contribution in [2.45, 2.75) is 13.0 Å². The Morgan fingerprint density at radius 2 is 2.18 bits per heavy atom. The number of hydrogen-bond acceptors (Lipinski definition) is 2. The van der Waals surface area contributed by atoms with Gasteiger partial charge in [0.1, 0.15) is 5.76 Å². The maximum absolute atomic E-state index is 6.31. The Balaban J connectivity index is 2.43. The van der Waals surface area contributed by atoms with Gasteiger partial charge in [-0.1, -0.05) is 30.7 Å². The van der Waals surface area contributed by atoms with Gasteiger partial charge in [0.05, 0.1) is 17.3 Å². The van der Waals surface area contributed by atoms with Gasteiger partial charge >= 0.3 is 0 Å². The number of rotatable bonds is 4. The fourth-order valence-corrected chi connectivity index (χ4v) is 2.38. The molecule has 2 rings (SSSR count). The molecule has 0 bridgehead atoms. The minimum absolute atomic E-state index is 0.0139. The highest BCUT2D eigenvalue weighted by atomic mass is 79.9. The van der Waals surface area contributed by atoms with Crippen LogP contribution in [0.3, 0.4) is 0 Å². The maximum Gasteiger partial charge on any atom is 0.125 e. The number of benzene rings is 1. The summed E-state index contributed by atoms with van der Waals surface area (Å²) in [6, 6.07) is 9.72. The van der Waals surface area contributed by atoms with Gasteiger partial charge in [-0.25, -0.2) is 0 Å². The molecule has 2 nitrogen and oxygen atoms in total. The summed E-state index contributed by atoms with van der Waals surface area (Å²) >= 11 is 9.75. The zero-order valence-electron chi connectivity index (χ0n) is 9.41. The average Bonchev–Trinajstić information content (AvgIpc) is 2.84. The first kappa shape index (κ1) is 12.7. The molecule has 2 aromatic rings. The Hall–Kier alpha value is -0.770. The van der Waals surface area contributed by atoms with Crippen LogP contribution in [0.5, 0.6) is 0 Å². The zero-order valence-corrected chi connectivity index (χ0v) is 11.8. The van der Waals surface area contributed by atoms with E-state index in [0.717, 1.165) is 27.4 Å². The van der Waals surface area contributed by atoms with E-state index in [2.05, 4.69) is 28.2 Å². The summed E-state index contributed by atoms with van der Waals surface area (Å²) in [5, 5.41) is 4.09. The summed E-state index contributed by atoms with van der Waals surface area (Å²) in [4.78, 5) is 0. The van der Waals surface area contributed by atoms with E-state index < -0.39 is 0 Å². The molecule has 0 aliphatic rings. The summed E-state index contributed by atoms with van der Waals surface area (Å²) in [7, 11) is 0. The van der Waals surface area contributed by atoms with Gasteiger partial charge in [-0.15, -0.1) is 0 Å². The first-order valence-electron chi connectivity index (χ1n) is 5.44. The molecule has 0 saturated heterocycles. The van der Waals surface area contributed by atoms with Crippen LogP contribution in [0, 0.1) is 0 Å². The molecule has 4 heteroatoms. The fraction of sp³-hybridized carbons (Fsp3) is 0.231. The summed E-state index contributed by atoms with van der Waals surface area (Å²) in [6.07, 6.45) is 1.67. The van der Waals surface area contributed by atoms with Crippen LogP contribution in [0.1, 0.15) is 24.3 Å².